The van der Waals surface area contributed by atoms with E-state index < -0.39 is 16.2 Å². The quantitative estimate of drug-likeness (QED) is 0.836. The molecule has 0 radical (unpaired) electrons. The zero-order valence-electron chi connectivity index (χ0n) is 10.3. The Balaban J connectivity index is 2.26. The van der Waals surface area contributed by atoms with Gasteiger partial charge in [-0.3, -0.25) is 4.79 Å². The van der Waals surface area contributed by atoms with Gasteiger partial charge in [0.1, 0.15) is 0 Å². The molecule has 0 saturated carbocycles. The van der Waals surface area contributed by atoms with Crippen LogP contribution in [0.15, 0.2) is 48.6 Å². The zero-order valence-corrected chi connectivity index (χ0v) is 11.1. The summed E-state index contributed by atoms with van der Waals surface area (Å²) >= 11 is 0. The molecule has 1 aliphatic carbocycles. The third-order valence-electron chi connectivity index (χ3n) is 2.86. The number of carbonyl (C=O) groups excluding carboxylic acids is 1. The van der Waals surface area contributed by atoms with Crippen molar-refractivity contribution in [1.82, 2.24) is 0 Å². The summed E-state index contributed by atoms with van der Waals surface area (Å²) < 4.78 is 22.2. The van der Waals surface area contributed by atoms with Gasteiger partial charge in [0.05, 0.1) is 10.8 Å². The molecule has 4 nitrogen and oxygen atoms in total. The summed E-state index contributed by atoms with van der Waals surface area (Å²) in [7, 11) is -2.40. The van der Waals surface area contributed by atoms with Gasteiger partial charge in [-0.1, -0.05) is 36.4 Å². The normalized spacial score (nSPS) is 17.3. The minimum atomic E-state index is -2.40. The molecule has 0 spiro atoms. The number of amides is 1. The Morgan fingerprint density at radius 2 is 1.95 bits per heavy atom. The predicted molar refractivity (Wildman–Crippen MR) is 75.5 cm³/mol. The van der Waals surface area contributed by atoms with Crippen LogP contribution in [0.4, 0.5) is 5.69 Å². The fraction of sp³-hybridized carbons (Fsp3) is 0.143. The van der Waals surface area contributed by atoms with Crippen LogP contribution in [0, 0.1) is 12.8 Å². The lowest BCUT2D eigenvalue weighted by atomic mass is 9.99. The monoisotopic (exact) mass is 275 g/mol. The first kappa shape index (κ1) is 13.3. The standard InChI is InChI=1S/C14H13NO3S/c1-10-6-2-4-8-12(10)15-14(16)11-7-3-5-9-13(11)19(17)18/h2-9,11H,1H3,(H,15,16). The van der Waals surface area contributed by atoms with Crippen LogP contribution in [0.2, 0.25) is 0 Å². The van der Waals surface area contributed by atoms with E-state index in [4.69, 9.17) is 0 Å². The van der Waals surface area contributed by atoms with Gasteiger partial charge in [0.15, 0.2) is 0 Å². The Morgan fingerprint density at radius 1 is 1.21 bits per heavy atom. The van der Waals surface area contributed by atoms with Crippen LogP contribution in [0.3, 0.4) is 0 Å². The van der Waals surface area contributed by atoms with Crippen molar-refractivity contribution in [3.05, 3.63) is 54.1 Å². The highest BCUT2D eigenvalue weighted by Crippen LogP contribution is 2.16. The molecule has 0 aromatic heterocycles. The summed E-state index contributed by atoms with van der Waals surface area (Å²) in [6.45, 7) is 1.88. The van der Waals surface area contributed by atoms with E-state index in [0.29, 0.717) is 5.69 Å². The van der Waals surface area contributed by atoms with Crippen LogP contribution in [-0.2, 0) is 15.1 Å². The predicted octanol–water partition coefficient (Wildman–Crippen LogP) is 1.73. The molecule has 0 saturated heterocycles. The van der Waals surface area contributed by atoms with Crippen molar-refractivity contribution in [3.8, 4) is 0 Å². The molecular formula is C14H13NO3S. The Bertz CT molecular complexity index is 691. The number of rotatable bonds is 2. The average Bonchev–Trinajstić information content (AvgIpc) is 2.41. The highest BCUT2D eigenvalue weighted by atomic mass is 32.2. The van der Waals surface area contributed by atoms with Gasteiger partial charge in [0.2, 0.25) is 16.2 Å². The highest BCUT2D eigenvalue weighted by molar-refractivity contribution is 7.73. The summed E-state index contributed by atoms with van der Waals surface area (Å²) in [5.41, 5.74) is 1.61. The van der Waals surface area contributed by atoms with Gasteiger partial charge < -0.3 is 5.32 Å². The number of hydrogen-bond donors (Lipinski definition) is 1. The number of anilines is 1. The second-order valence-electron chi connectivity index (χ2n) is 4.16. The van der Waals surface area contributed by atoms with Gasteiger partial charge in [-0.05, 0) is 24.6 Å². The zero-order chi connectivity index (χ0) is 13.8. The van der Waals surface area contributed by atoms with Gasteiger partial charge in [-0.2, -0.15) is 8.42 Å². The molecule has 1 aromatic carbocycles. The second kappa shape index (κ2) is 5.67. The van der Waals surface area contributed by atoms with Crippen molar-refractivity contribution in [2.75, 3.05) is 5.32 Å². The number of benzene rings is 1. The van der Waals surface area contributed by atoms with E-state index in [1.165, 1.54) is 6.08 Å². The van der Waals surface area contributed by atoms with Crippen molar-refractivity contribution in [2.45, 2.75) is 6.92 Å². The minimum absolute atomic E-state index is 0.0774. The SMILES string of the molecule is Cc1ccccc1NC(=O)C1C=CC=CC1=S(=O)=O. The first-order valence-electron chi connectivity index (χ1n) is 5.77. The number of aryl methyl sites for hydroxylation is 1. The maximum absolute atomic E-state index is 12.1. The smallest absolute Gasteiger partial charge is 0.236 e. The molecule has 1 amide bonds. The van der Waals surface area contributed by atoms with E-state index in [9.17, 15) is 13.2 Å². The molecule has 0 fully saturated rings. The van der Waals surface area contributed by atoms with Crippen molar-refractivity contribution < 1.29 is 13.2 Å². The number of hydrogen-bond acceptors (Lipinski definition) is 3. The molecule has 0 heterocycles. The van der Waals surface area contributed by atoms with Crippen molar-refractivity contribution >= 4 is 26.8 Å². The van der Waals surface area contributed by atoms with Gasteiger partial charge in [-0.15, -0.1) is 0 Å². The Labute approximate surface area is 113 Å². The lowest BCUT2D eigenvalue weighted by molar-refractivity contribution is -0.116. The molecule has 1 aliphatic rings. The van der Waals surface area contributed by atoms with Gasteiger partial charge in [0.25, 0.3) is 0 Å². The fourth-order valence-corrected chi connectivity index (χ4v) is 2.41. The molecule has 1 unspecified atom stereocenters. The third kappa shape index (κ3) is 3.00. The Kier molecular flexibility index (Phi) is 3.97. The van der Waals surface area contributed by atoms with Crippen molar-refractivity contribution in [2.24, 2.45) is 5.92 Å². The van der Waals surface area contributed by atoms with Crippen LogP contribution < -0.4 is 5.32 Å². The molecule has 2 rings (SSSR count). The summed E-state index contributed by atoms with van der Waals surface area (Å²) in [6, 6.07) is 7.35. The van der Waals surface area contributed by atoms with Crippen LogP contribution in [0.5, 0.6) is 0 Å². The van der Waals surface area contributed by atoms with E-state index in [0.717, 1.165) is 5.56 Å². The Morgan fingerprint density at radius 3 is 2.63 bits per heavy atom. The van der Waals surface area contributed by atoms with Crippen molar-refractivity contribution in [1.29, 1.82) is 0 Å². The molecule has 98 valence electrons. The van der Waals surface area contributed by atoms with Crippen LogP contribution in [0.1, 0.15) is 5.56 Å². The maximum Gasteiger partial charge on any atom is 0.236 e. The van der Waals surface area contributed by atoms with E-state index in [1.54, 1.807) is 24.3 Å². The maximum atomic E-state index is 12.1. The highest BCUT2D eigenvalue weighted by Gasteiger charge is 2.23. The van der Waals surface area contributed by atoms with E-state index in [-0.39, 0.29) is 10.8 Å². The number of allylic oxidation sites excluding steroid dienone is 3. The molecule has 19 heavy (non-hydrogen) atoms. The lowest BCUT2D eigenvalue weighted by Crippen LogP contribution is -2.29. The number of carbonyl (C=O) groups is 1. The first-order chi connectivity index (χ1) is 9.09. The van der Waals surface area contributed by atoms with E-state index >= 15 is 0 Å². The topological polar surface area (TPSA) is 63.2 Å². The van der Waals surface area contributed by atoms with E-state index in [2.05, 4.69) is 5.32 Å². The number of para-hydroxylation sites is 1. The first-order valence-corrected chi connectivity index (χ1v) is 6.84. The van der Waals surface area contributed by atoms with Crippen LogP contribution in [-0.4, -0.2) is 19.2 Å². The molecule has 1 atom stereocenters. The van der Waals surface area contributed by atoms with Gasteiger partial charge >= 0.3 is 0 Å². The number of nitrogens with one attached hydrogen (secondary N) is 1. The van der Waals surface area contributed by atoms with Crippen LogP contribution >= 0.6 is 0 Å². The summed E-state index contributed by atoms with van der Waals surface area (Å²) in [5.74, 6) is -1.13. The molecule has 5 heteroatoms. The molecule has 0 aliphatic heterocycles. The van der Waals surface area contributed by atoms with E-state index in [1.807, 2.05) is 25.1 Å². The van der Waals surface area contributed by atoms with Gasteiger partial charge in [0, 0.05) is 5.69 Å². The van der Waals surface area contributed by atoms with Crippen molar-refractivity contribution in [3.63, 3.8) is 0 Å². The molecule has 1 N–H and O–H groups in total. The summed E-state index contributed by atoms with van der Waals surface area (Å²) in [4.78, 5) is 12.2. The summed E-state index contributed by atoms with van der Waals surface area (Å²) in [5, 5.41) is 2.75. The molecular weight excluding hydrogens is 262 g/mol. The lowest BCUT2D eigenvalue weighted by Gasteiger charge is -2.15. The average molecular weight is 275 g/mol. The Hall–Kier alpha value is -2.14. The second-order valence-corrected chi connectivity index (χ2v) is 5.10. The van der Waals surface area contributed by atoms with Gasteiger partial charge in [-0.25, -0.2) is 0 Å². The minimum Gasteiger partial charge on any atom is -0.325 e. The summed E-state index contributed by atoms with van der Waals surface area (Å²) in [6.07, 6.45) is 6.27. The fourth-order valence-electron chi connectivity index (χ4n) is 1.82. The van der Waals surface area contributed by atoms with Crippen LogP contribution in [0.25, 0.3) is 0 Å². The molecule has 0 bridgehead atoms. The largest absolute Gasteiger partial charge is 0.325 e. The molecule has 1 aromatic rings. The third-order valence-corrected chi connectivity index (χ3v) is 3.63.